The first-order chi connectivity index (χ1) is 15.0. The minimum absolute atomic E-state index is 0.265. The number of rotatable bonds is 10. The maximum atomic E-state index is 5.85. The zero-order valence-corrected chi connectivity index (χ0v) is 18.9. The number of hydrogen-bond donors (Lipinski definition) is 1. The van der Waals surface area contributed by atoms with E-state index in [-0.39, 0.29) is 6.10 Å². The molecule has 9 nitrogen and oxygen atoms in total. The van der Waals surface area contributed by atoms with E-state index in [2.05, 4.69) is 55.3 Å². The Morgan fingerprint density at radius 1 is 1.32 bits per heavy atom. The second-order valence-electron chi connectivity index (χ2n) is 7.82. The molecule has 0 saturated carbocycles. The third-order valence-electron chi connectivity index (χ3n) is 5.29. The number of imidazole rings is 1. The van der Waals surface area contributed by atoms with Crippen LogP contribution in [0.3, 0.4) is 0 Å². The van der Waals surface area contributed by atoms with Crippen molar-refractivity contribution in [3.8, 4) is 0 Å². The smallest absolute Gasteiger partial charge is 0.227 e. The highest BCUT2D eigenvalue weighted by Gasteiger charge is 2.21. The monoisotopic (exact) mass is 427 g/mol. The normalized spacial score (nSPS) is 15.5. The van der Waals surface area contributed by atoms with E-state index in [9.17, 15) is 0 Å². The molecule has 0 bridgehead atoms. The van der Waals surface area contributed by atoms with Gasteiger partial charge in [-0.1, -0.05) is 0 Å². The molecular formula is C22H33N7O2. The molecule has 0 unspecified atom stereocenters. The number of methoxy groups -OCH3 is 1. The number of nitrogens with zero attached hydrogens (tertiary/aromatic N) is 6. The third-order valence-corrected chi connectivity index (χ3v) is 5.29. The molecule has 1 fully saturated rings. The van der Waals surface area contributed by atoms with Gasteiger partial charge in [-0.15, -0.1) is 0 Å². The van der Waals surface area contributed by atoms with E-state index in [1.54, 1.807) is 13.3 Å². The summed E-state index contributed by atoms with van der Waals surface area (Å²) in [6.45, 7) is 12.9. The van der Waals surface area contributed by atoms with Gasteiger partial charge in [0, 0.05) is 38.5 Å². The number of piperidine rings is 1. The van der Waals surface area contributed by atoms with Crippen molar-refractivity contribution in [3.63, 3.8) is 0 Å². The molecule has 3 heterocycles. The predicted octanol–water partition coefficient (Wildman–Crippen LogP) is 3.31. The quantitative estimate of drug-likeness (QED) is 0.460. The lowest BCUT2D eigenvalue weighted by Gasteiger charge is -2.32. The zero-order valence-electron chi connectivity index (χ0n) is 18.9. The summed E-state index contributed by atoms with van der Waals surface area (Å²) in [5.74, 6) is 1.99. The highest BCUT2D eigenvalue weighted by molar-refractivity contribution is 5.59. The molecule has 0 aliphatic carbocycles. The number of aliphatic imine (C=N–C) groups is 1. The average molecular weight is 428 g/mol. The van der Waals surface area contributed by atoms with Gasteiger partial charge >= 0.3 is 0 Å². The molecule has 0 amide bonds. The Hall–Kier alpha value is -2.78. The van der Waals surface area contributed by atoms with Crippen LogP contribution in [0.4, 0.5) is 11.8 Å². The van der Waals surface area contributed by atoms with Crippen LogP contribution in [0, 0.1) is 6.92 Å². The first-order valence-electron chi connectivity index (χ1n) is 10.7. The van der Waals surface area contributed by atoms with Crippen molar-refractivity contribution in [3.05, 3.63) is 35.8 Å². The summed E-state index contributed by atoms with van der Waals surface area (Å²) in [6.07, 6.45) is 7.71. The Bertz CT molecular complexity index is 886. The predicted molar refractivity (Wildman–Crippen MR) is 124 cm³/mol. The number of hydrogen-bond acceptors (Lipinski definition) is 8. The van der Waals surface area contributed by atoms with E-state index in [4.69, 9.17) is 9.47 Å². The molecule has 0 atom stereocenters. The molecule has 0 spiro atoms. The Morgan fingerprint density at radius 2 is 2.10 bits per heavy atom. The molecular weight excluding hydrogens is 394 g/mol. The SMILES string of the molecule is C=N/C(=C\c1c(C)ncn1C(C)C)Nc1ccnc(N2CCC(OCCOC)CC2)n1. The van der Waals surface area contributed by atoms with Crippen LogP contribution >= 0.6 is 0 Å². The van der Waals surface area contributed by atoms with Gasteiger partial charge in [0.1, 0.15) is 11.6 Å². The molecule has 0 aromatic carbocycles. The van der Waals surface area contributed by atoms with Crippen LogP contribution < -0.4 is 10.2 Å². The van der Waals surface area contributed by atoms with Crippen LogP contribution in [0.1, 0.15) is 44.1 Å². The van der Waals surface area contributed by atoms with Crippen LogP contribution in [-0.2, 0) is 9.47 Å². The van der Waals surface area contributed by atoms with Gasteiger partial charge in [-0.25, -0.2) is 15.0 Å². The third kappa shape index (κ3) is 6.11. The van der Waals surface area contributed by atoms with Gasteiger partial charge in [-0.05, 0) is 46.4 Å². The summed E-state index contributed by atoms with van der Waals surface area (Å²) in [5, 5.41) is 3.26. The van der Waals surface area contributed by atoms with Gasteiger partial charge in [-0.2, -0.15) is 4.98 Å². The minimum Gasteiger partial charge on any atom is -0.382 e. The Morgan fingerprint density at radius 3 is 2.77 bits per heavy atom. The maximum absolute atomic E-state index is 5.85. The van der Waals surface area contributed by atoms with Gasteiger partial charge in [0.05, 0.1) is 37.0 Å². The largest absolute Gasteiger partial charge is 0.382 e. The Kier molecular flexibility index (Phi) is 8.13. The first kappa shape index (κ1) is 22.9. The molecule has 2 aromatic heterocycles. The second kappa shape index (κ2) is 11.0. The van der Waals surface area contributed by atoms with E-state index in [1.807, 2.05) is 25.4 Å². The van der Waals surface area contributed by atoms with Crippen molar-refractivity contribution < 1.29 is 9.47 Å². The van der Waals surface area contributed by atoms with E-state index in [0.29, 0.717) is 36.8 Å². The van der Waals surface area contributed by atoms with Crippen LogP contribution in [0.5, 0.6) is 0 Å². The van der Waals surface area contributed by atoms with Crippen molar-refractivity contribution in [2.75, 3.05) is 43.6 Å². The molecule has 0 radical (unpaired) electrons. The summed E-state index contributed by atoms with van der Waals surface area (Å²) in [5.41, 5.74) is 1.94. The van der Waals surface area contributed by atoms with Crippen LogP contribution in [0.25, 0.3) is 6.08 Å². The van der Waals surface area contributed by atoms with Crippen molar-refractivity contribution in [1.29, 1.82) is 0 Å². The van der Waals surface area contributed by atoms with Gasteiger partial charge in [0.2, 0.25) is 5.95 Å². The van der Waals surface area contributed by atoms with Gasteiger partial charge in [0.25, 0.3) is 0 Å². The van der Waals surface area contributed by atoms with E-state index in [1.165, 1.54) is 0 Å². The fourth-order valence-corrected chi connectivity index (χ4v) is 3.53. The molecule has 2 aromatic rings. The molecule has 31 heavy (non-hydrogen) atoms. The Balaban J connectivity index is 1.66. The fraction of sp³-hybridized carbons (Fsp3) is 0.545. The maximum Gasteiger partial charge on any atom is 0.227 e. The van der Waals surface area contributed by atoms with Crippen LogP contribution in [0.2, 0.25) is 0 Å². The zero-order chi connectivity index (χ0) is 22.2. The van der Waals surface area contributed by atoms with Crippen LogP contribution in [0.15, 0.2) is 29.4 Å². The lowest BCUT2D eigenvalue weighted by atomic mass is 10.1. The topological polar surface area (TPSA) is 89.7 Å². The number of anilines is 2. The van der Waals surface area contributed by atoms with E-state index >= 15 is 0 Å². The Labute approximate surface area is 184 Å². The number of aryl methyl sites for hydroxylation is 1. The summed E-state index contributed by atoms with van der Waals surface area (Å²) >= 11 is 0. The van der Waals surface area contributed by atoms with Crippen molar-refractivity contribution in [1.82, 2.24) is 19.5 Å². The molecule has 168 valence electrons. The lowest BCUT2D eigenvalue weighted by molar-refractivity contribution is 0.00598. The second-order valence-corrected chi connectivity index (χ2v) is 7.82. The number of nitrogens with one attached hydrogen (secondary N) is 1. The summed E-state index contributed by atoms with van der Waals surface area (Å²) in [6, 6.07) is 2.13. The molecule has 1 aliphatic heterocycles. The highest BCUT2D eigenvalue weighted by Crippen LogP contribution is 2.21. The first-order valence-corrected chi connectivity index (χ1v) is 10.7. The minimum atomic E-state index is 0.265. The van der Waals surface area contributed by atoms with Crippen molar-refractivity contribution in [2.45, 2.75) is 45.8 Å². The summed E-state index contributed by atoms with van der Waals surface area (Å²) in [7, 11) is 1.69. The molecule has 1 aliphatic rings. The highest BCUT2D eigenvalue weighted by atomic mass is 16.5. The van der Waals surface area contributed by atoms with E-state index in [0.717, 1.165) is 37.3 Å². The number of ether oxygens (including phenoxy) is 2. The number of aromatic nitrogens is 4. The van der Waals surface area contributed by atoms with Crippen molar-refractivity contribution in [2.24, 2.45) is 4.99 Å². The van der Waals surface area contributed by atoms with E-state index < -0.39 is 0 Å². The van der Waals surface area contributed by atoms with Crippen LogP contribution in [-0.4, -0.2) is 65.8 Å². The fourth-order valence-electron chi connectivity index (χ4n) is 3.53. The van der Waals surface area contributed by atoms with Crippen molar-refractivity contribution >= 4 is 24.6 Å². The summed E-state index contributed by atoms with van der Waals surface area (Å²) < 4.78 is 13.0. The average Bonchev–Trinajstić information content (AvgIpc) is 3.14. The van der Waals surface area contributed by atoms with Gasteiger partial charge in [0.15, 0.2) is 0 Å². The molecule has 1 N–H and O–H groups in total. The molecule has 1 saturated heterocycles. The molecule has 9 heteroatoms. The van der Waals surface area contributed by atoms with Gasteiger partial charge in [-0.3, -0.25) is 0 Å². The summed E-state index contributed by atoms with van der Waals surface area (Å²) in [4.78, 5) is 19.9. The van der Waals surface area contributed by atoms with Gasteiger partial charge < -0.3 is 24.3 Å². The standard InChI is InChI=1S/C22H33N7O2/c1-16(2)29-15-25-17(3)19(29)14-21(23-4)26-20-6-9-24-22(27-20)28-10-7-18(8-11-28)31-13-12-30-5/h6,9,14-16,18H,4,7-8,10-13H2,1-3,5H3,(H,24,26,27)/b21-14+. The molecule has 3 rings (SSSR count). The lowest BCUT2D eigenvalue weighted by Crippen LogP contribution is -2.38.